The lowest BCUT2D eigenvalue weighted by Gasteiger charge is -2.71. The van der Waals surface area contributed by atoms with E-state index in [0.29, 0.717) is 6.42 Å². The van der Waals surface area contributed by atoms with Gasteiger partial charge in [-0.1, -0.05) is 100 Å². The molecule has 2 aliphatic rings. The van der Waals surface area contributed by atoms with Crippen molar-refractivity contribution in [1.82, 2.24) is 0 Å². The van der Waals surface area contributed by atoms with Crippen molar-refractivity contribution in [3.63, 3.8) is 0 Å². The number of Topliss-reactive ketones (excluding diaryl/α,β-unsaturated/α-hetero) is 1. The van der Waals surface area contributed by atoms with Gasteiger partial charge in [0.2, 0.25) is 0 Å². The summed E-state index contributed by atoms with van der Waals surface area (Å²) < 4.78 is 0. The third-order valence-electron chi connectivity index (χ3n) is 8.99. The lowest BCUT2D eigenvalue weighted by Crippen LogP contribution is -2.78. The summed E-state index contributed by atoms with van der Waals surface area (Å²) in [5.74, 6) is 0.249. The maximum absolute atomic E-state index is 14.2. The highest BCUT2D eigenvalue weighted by Crippen LogP contribution is 2.71. The molecule has 166 valence electrons. The van der Waals surface area contributed by atoms with Crippen LogP contribution in [0, 0.1) is 16.7 Å². The van der Waals surface area contributed by atoms with Crippen LogP contribution in [-0.2, 0) is 15.6 Å². The van der Waals surface area contributed by atoms with Gasteiger partial charge in [0.05, 0.1) is 16.4 Å². The molecule has 2 bridgehead atoms. The van der Waals surface area contributed by atoms with Crippen molar-refractivity contribution in [3.05, 3.63) is 35.4 Å². The zero-order chi connectivity index (χ0) is 23.1. The Morgan fingerprint density at radius 3 is 1.72 bits per heavy atom. The monoisotopic (exact) mass is 402 g/mol. The molecule has 4 atom stereocenters. The summed E-state index contributed by atoms with van der Waals surface area (Å²) in [4.78, 5) is 14.2. The molecule has 29 heavy (non-hydrogen) atoms. The van der Waals surface area contributed by atoms with E-state index in [9.17, 15) is 9.90 Å². The van der Waals surface area contributed by atoms with Gasteiger partial charge in [0.25, 0.3) is 0 Å². The van der Waals surface area contributed by atoms with Crippen LogP contribution in [0.3, 0.4) is 0 Å². The van der Waals surface area contributed by atoms with E-state index < -0.39 is 21.8 Å². The fourth-order valence-electron chi connectivity index (χ4n) is 6.75. The Balaban J connectivity index is 0.000000989. The quantitative estimate of drug-likeness (QED) is 0.574. The van der Waals surface area contributed by atoms with E-state index >= 15 is 0 Å². The van der Waals surface area contributed by atoms with Gasteiger partial charge in [-0.3, -0.25) is 4.79 Å². The molecule has 0 aliphatic heterocycles. The van der Waals surface area contributed by atoms with Crippen LogP contribution in [0.4, 0.5) is 0 Å². The van der Waals surface area contributed by atoms with Crippen LogP contribution in [0.5, 0.6) is 0 Å². The van der Waals surface area contributed by atoms with E-state index in [2.05, 4.69) is 65.8 Å². The Hall–Kier alpha value is -1.15. The number of rotatable bonds is 2. The Morgan fingerprint density at radius 1 is 0.862 bits per heavy atom. The van der Waals surface area contributed by atoms with E-state index in [0.717, 1.165) is 6.42 Å². The molecule has 0 heterocycles. The first-order valence-electron chi connectivity index (χ1n) is 11.8. The number of fused-ring (bicyclic) bond motifs is 4. The second-order valence-electron chi connectivity index (χ2n) is 9.60. The third-order valence-corrected chi connectivity index (χ3v) is 8.99. The van der Waals surface area contributed by atoms with Gasteiger partial charge in [0.15, 0.2) is 5.78 Å². The summed E-state index contributed by atoms with van der Waals surface area (Å²) in [6.07, 6.45) is 1.36. The molecular formula is C27H46O2. The molecule has 1 saturated carbocycles. The number of carbonyl (C=O) groups is 1. The maximum Gasteiger partial charge on any atom is 0.153 e. The van der Waals surface area contributed by atoms with Crippen LogP contribution in [0.25, 0.3) is 0 Å². The number of hydrogen-bond donors (Lipinski definition) is 1. The molecule has 0 aromatic heterocycles. The highest BCUT2D eigenvalue weighted by Gasteiger charge is 2.77. The van der Waals surface area contributed by atoms with Gasteiger partial charge in [0, 0.05) is 5.41 Å². The van der Waals surface area contributed by atoms with Crippen LogP contribution in [0.15, 0.2) is 24.3 Å². The molecule has 1 fully saturated rings. The van der Waals surface area contributed by atoms with Crippen molar-refractivity contribution in [2.75, 3.05) is 0 Å². The number of hydrogen-bond acceptors (Lipinski definition) is 2. The van der Waals surface area contributed by atoms with Gasteiger partial charge in [-0.25, -0.2) is 0 Å². The predicted octanol–water partition coefficient (Wildman–Crippen LogP) is 7.07. The highest BCUT2D eigenvalue weighted by molar-refractivity contribution is 6.01. The summed E-state index contributed by atoms with van der Waals surface area (Å²) >= 11 is 0. The van der Waals surface area contributed by atoms with Gasteiger partial charge in [-0.2, -0.15) is 0 Å². The number of carbonyl (C=O) groups excluding carboxylic acids is 1. The molecule has 2 aliphatic carbocycles. The Kier molecular flexibility index (Phi) is 7.30. The van der Waals surface area contributed by atoms with Gasteiger partial charge in [-0.15, -0.1) is 0 Å². The topological polar surface area (TPSA) is 37.3 Å². The van der Waals surface area contributed by atoms with Gasteiger partial charge >= 0.3 is 0 Å². The van der Waals surface area contributed by atoms with Crippen LogP contribution < -0.4 is 0 Å². The summed E-state index contributed by atoms with van der Waals surface area (Å²) in [7, 11) is 0. The van der Waals surface area contributed by atoms with Crippen LogP contribution in [-0.4, -0.2) is 16.5 Å². The van der Waals surface area contributed by atoms with Crippen molar-refractivity contribution in [3.8, 4) is 0 Å². The predicted molar refractivity (Wildman–Crippen MR) is 125 cm³/mol. The first kappa shape index (κ1) is 25.9. The molecule has 1 aromatic rings. The average molecular weight is 403 g/mol. The maximum atomic E-state index is 14.2. The second kappa shape index (κ2) is 8.17. The van der Waals surface area contributed by atoms with Gasteiger partial charge in [0.1, 0.15) is 0 Å². The smallest absolute Gasteiger partial charge is 0.153 e. The van der Waals surface area contributed by atoms with E-state index in [4.69, 9.17) is 0 Å². The van der Waals surface area contributed by atoms with Crippen molar-refractivity contribution in [2.24, 2.45) is 16.7 Å². The van der Waals surface area contributed by atoms with Crippen molar-refractivity contribution < 1.29 is 9.90 Å². The zero-order valence-corrected chi connectivity index (χ0v) is 21.2. The Morgan fingerprint density at radius 2 is 1.31 bits per heavy atom. The Labute approximate surface area is 180 Å². The summed E-state index contributed by atoms with van der Waals surface area (Å²) in [5, 5.41) is 12.0. The third kappa shape index (κ3) is 2.67. The normalized spacial score (nSPS) is 36.0. The van der Waals surface area contributed by atoms with Crippen molar-refractivity contribution in [2.45, 2.75) is 112 Å². The van der Waals surface area contributed by atoms with Crippen LogP contribution >= 0.6 is 0 Å². The molecule has 2 heteroatoms. The first-order valence-corrected chi connectivity index (χ1v) is 11.8. The van der Waals surface area contributed by atoms with E-state index in [1.807, 2.05) is 41.5 Å². The van der Waals surface area contributed by atoms with E-state index in [-0.39, 0.29) is 17.1 Å². The first-order chi connectivity index (χ1) is 13.4. The molecule has 0 saturated heterocycles. The van der Waals surface area contributed by atoms with Gasteiger partial charge < -0.3 is 5.11 Å². The highest BCUT2D eigenvalue weighted by atomic mass is 16.3. The molecule has 2 nitrogen and oxygen atoms in total. The number of benzene rings is 1. The number of aliphatic hydroxyl groups is 1. The fourth-order valence-corrected chi connectivity index (χ4v) is 6.75. The molecule has 1 N–H and O–H groups in total. The van der Waals surface area contributed by atoms with Gasteiger partial charge in [-0.05, 0) is 42.2 Å². The molecule has 1 aromatic carbocycles. The molecule has 4 unspecified atom stereocenters. The van der Waals surface area contributed by atoms with Crippen molar-refractivity contribution in [1.29, 1.82) is 0 Å². The second-order valence-corrected chi connectivity index (χ2v) is 9.60. The average Bonchev–Trinajstić information content (AvgIpc) is 2.74. The standard InChI is InChI=1S/C23H34O2.2C2H6/c1-9-22-17-14-12-11-13-16(17)20(6,7)21(8,18(22)24)23(25,10-2)15(3)19(22,4)5;2*1-2/h11-15,25H,9-10H2,1-8H3;2*1-2H3. The SMILES string of the molecule is CC.CC.CCC12C(=O)C(C)(C(C)(C)c3ccccc31)C(O)(CC)C(C)C2(C)C. The molecule has 0 amide bonds. The molecule has 0 spiro atoms. The summed E-state index contributed by atoms with van der Waals surface area (Å²) in [5.41, 5.74) is -0.720. The number of ketones is 1. The fraction of sp³-hybridized carbons (Fsp3) is 0.741. The molecular weight excluding hydrogens is 356 g/mol. The minimum absolute atomic E-state index is 0.0141. The Bertz CT molecular complexity index is 732. The lowest BCUT2D eigenvalue weighted by molar-refractivity contribution is -0.227. The summed E-state index contributed by atoms with van der Waals surface area (Å²) in [6, 6.07) is 8.46. The summed E-state index contributed by atoms with van der Waals surface area (Å²) in [6.45, 7) is 25.0. The zero-order valence-electron chi connectivity index (χ0n) is 21.2. The van der Waals surface area contributed by atoms with E-state index in [1.54, 1.807) is 0 Å². The molecule has 0 radical (unpaired) electrons. The van der Waals surface area contributed by atoms with Crippen LogP contribution in [0.1, 0.15) is 107 Å². The van der Waals surface area contributed by atoms with E-state index in [1.165, 1.54) is 11.1 Å². The lowest BCUT2D eigenvalue weighted by atomic mass is 9.31. The largest absolute Gasteiger partial charge is 0.389 e. The minimum Gasteiger partial charge on any atom is -0.389 e. The minimum atomic E-state index is -1.02. The molecule has 3 rings (SSSR count). The van der Waals surface area contributed by atoms with Crippen LogP contribution in [0.2, 0.25) is 0 Å². The van der Waals surface area contributed by atoms with Crippen molar-refractivity contribution >= 4 is 5.78 Å².